The van der Waals surface area contributed by atoms with Crippen LogP contribution < -0.4 is 10.1 Å². The first-order valence-electron chi connectivity index (χ1n) is 7.30. The predicted molar refractivity (Wildman–Crippen MR) is 82.6 cm³/mol. The van der Waals surface area contributed by atoms with Crippen molar-refractivity contribution in [3.63, 3.8) is 0 Å². The molecular weight excluding hydrogens is 274 g/mol. The van der Waals surface area contributed by atoms with E-state index in [9.17, 15) is 0 Å². The van der Waals surface area contributed by atoms with E-state index < -0.39 is 0 Å². The molecule has 1 unspecified atom stereocenters. The molecule has 1 aliphatic carbocycles. The lowest BCUT2D eigenvalue weighted by molar-refractivity contribution is -0.0289. The molecule has 1 atom stereocenters. The van der Waals surface area contributed by atoms with Crippen molar-refractivity contribution in [3.8, 4) is 5.75 Å². The minimum absolute atomic E-state index is 0.341. The van der Waals surface area contributed by atoms with Gasteiger partial charge in [0.2, 0.25) is 0 Å². The van der Waals surface area contributed by atoms with Crippen molar-refractivity contribution in [3.05, 3.63) is 28.8 Å². The molecule has 0 bridgehead atoms. The lowest BCUT2D eigenvalue weighted by Crippen LogP contribution is -2.34. The summed E-state index contributed by atoms with van der Waals surface area (Å²) in [5.41, 5.74) is 1.23. The molecule has 20 heavy (non-hydrogen) atoms. The molecule has 0 saturated heterocycles. The van der Waals surface area contributed by atoms with E-state index in [2.05, 4.69) is 18.3 Å². The Labute approximate surface area is 126 Å². The maximum atomic E-state index is 6.08. The lowest BCUT2D eigenvalue weighted by atomic mass is 9.77. The quantitative estimate of drug-likeness (QED) is 0.830. The Hall–Kier alpha value is -0.770. The zero-order valence-corrected chi connectivity index (χ0v) is 13.2. The molecule has 4 heteroatoms. The second-order valence-electron chi connectivity index (χ2n) is 5.39. The number of hydrogen-bond donors (Lipinski definition) is 1. The molecule has 1 fully saturated rings. The molecule has 2 rings (SSSR count). The van der Waals surface area contributed by atoms with Crippen molar-refractivity contribution in [2.24, 2.45) is 5.92 Å². The van der Waals surface area contributed by atoms with E-state index in [0.717, 1.165) is 24.7 Å². The Kier molecular flexibility index (Phi) is 5.70. The maximum Gasteiger partial charge on any atom is 0.137 e. The summed E-state index contributed by atoms with van der Waals surface area (Å²) < 4.78 is 10.9. The lowest BCUT2D eigenvalue weighted by Gasteiger charge is -2.37. The van der Waals surface area contributed by atoms with Gasteiger partial charge in [-0.05, 0) is 56.8 Å². The van der Waals surface area contributed by atoms with Gasteiger partial charge in [0.1, 0.15) is 5.75 Å². The molecule has 0 aromatic heterocycles. The fraction of sp³-hybridized carbons (Fsp3) is 0.625. The fourth-order valence-electron chi connectivity index (χ4n) is 2.89. The molecule has 0 aliphatic heterocycles. The maximum absolute atomic E-state index is 6.08. The van der Waals surface area contributed by atoms with E-state index in [1.165, 1.54) is 18.4 Å². The summed E-state index contributed by atoms with van der Waals surface area (Å²) in [5, 5.41) is 4.05. The monoisotopic (exact) mass is 297 g/mol. The van der Waals surface area contributed by atoms with Crippen LogP contribution in [0.3, 0.4) is 0 Å². The van der Waals surface area contributed by atoms with E-state index in [4.69, 9.17) is 21.1 Å². The SMILES string of the molecule is CCOC1CC(CC(NC)c2ccc(Cl)c(OC)c2)C1. The minimum atomic E-state index is 0.341. The van der Waals surface area contributed by atoms with Crippen LogP contribution in [-0.2, 0) is 4.74 Å². The summed E-state index contributed by atoms with van der Waals surface area (Å²) in [6.45, 7) is 2.88. The third kappa shape index (κ3) is 3.66. The molecule has 0 amide bonds. The zero-order chi connectivity index (χ0) is 14.5. The fourth-order valence-corrected chi connectivity index (χ4v) is 3.08. The molecule has 1 saturated carbocycles. The average Bonchev–Trinajstić information content (AvgIpc) is 2.42. The van der Waals surface area contributed by atoms with Gasteiger partial charge in [-0.15, -0.1) is 0 Å². The van der Waals surface area contributed by atoms with Crippen LogP contribution in [0.1, 0.15) is 37.8 Å². The number of ether oxygens (including phenoxy) is 2. The first-order valence-corrected chi connectivity index (χ1v) is 7.68. The summed E-state index contributed by atoms with van der Waals surface area (Å²) in [7, 11) is 3.66. The number of nitrogens with one attached hydrogen (secondary N) is 1. The molecule has 112 valence electrons. The van der Waals surface area contributed by atoms with Gasteiger partial charge in [-0.3, -0.25) is 0 Å². The third-order valence-corrected chi connectivity index (χ3v) is 4.40. The zero-order valence-electron chi connectivity index (χ0n) is 12.5. The van der Waals surface area contributed by atoms with Crippen LogP contribution in [0.2, 0.25) is 5.02 Å². The minimum Gasteiger partial charge on any atom is -0.495 e. The Morgan fingerprint density at radius 3 is 2.75 bits per heavy atom. The molecule has 0 heterocycles. The van der Waals surface area contributed by atoms with Crippen LogP contribution in [0.15, 0.2) is 18.2 Å². The molecule has 1 N–H and O–H groups in total. The van der Waals surface area contributed by atoms with Crippen molar-refractivity contribution in [2.45, 2.75) is 38.3 Å². The molecule has 0 spiro atoms. The summed E-state index contributed by atoms with van der Waals surface area (Å²) in [6, 6.07) is 6.35. The predicted octanol–water partition coefficient (Wildman–Crippen LogP) is 3.81. The van der Waals surface area contributed by atoms with Crippen LogP contribution in [0, 0.1) is 5.92 Å². The van der Waals surface area contributed by atoms with E-state index in [1.807, 2.05) is 19.2 Å². The second-order valence-corrected chi connectivity index (χ2v) is 5.79. The van der Waals surface area contributed by atoms with Crippen LogP contribution >= 0.6 is 11.6 Å². The topological polar surface area (TPSA) is 30.5 Å². The summed E-state index contributed by atoms with van der Waals surface area (Å²) >= 11 is 6.08. The van der Waals surface area contributed by atoms with Crippen LogP contribution in [-0.4, -0.2) is 26.9 Å². The Morgan fingerprint density at radius 1 is 1.40 bits per heavy atom. The van der Waals surface area contributed by atoms with E-state index in [1.54, 1.807) is 7.11 Å². The van der Waals surface area contributed by atoms with E-state index in [0.29, 0.717) is 17.2 Å². The van der Waals surface area contributed by atoms with Crippen molar-refractivity contribution in [1.29, 1.82) is 0 Å². The highest BCUT2D eigenvalue weighted by atomic mass is 35.5. The van der Waals surface area contributed by atoms with Gasteiger partial charge >= 0.3 is 0 Å². The highest BCUT2D eigenvalue weighted by Crippen LogP contribution is 2.38. The standard InChI is InChI=1S/C16H24ClNO2/c1-4-20-13-7-11(8-13)9-15(18-2)12-5-6-14(17)16(10-12)19-3/h5-6,10-11,13,15,18H,4,7-9H2,1-3H3. The normalized spacial score (nSPS) is 23.2. The molecule has 3 nitrogen and oxygen atoms in total. The van der Waals surface area contributed by atoms with Crippen LogP contribution in [0.25, 0.3) is 0 Å². The molecular formula is C16H24ClNO2. The Morgan fingerprint density at radius 2 is 2.15 bits per heavy atom. The van der Waals surface area contributed by atoms with Gasteiger partial charge in [0, 0.05) is 12.6 Å². The van der Waals surface area contributed by atoms with E-state index >= 15 is 0 Å². The first kappa shape index (κ1) is 15.6. The highest BCUT2D eigenvalue weighted by molar-refractivity contribution is 6.32. The highest BCUT2D eigenvalue weighted by Gasteiger charge is 2.31. The molecule has 1 aromatic carbocycles. The Balaban J connectivity index is 1.95. The van der Waals surface area contributed by atoms with Gasteiger partial charge in [0.05, 0.1) is 18.2 Å². The van der Waals surface area contributed by atoms with Crippen LogP contribution in [0.5, 0.6) is 5.75 Å². The number of hydrogen-bond acceptors (Lipinski definition) is 3. The Bertz CT molecular complexity index is 432. The number of benzene rings is 1. The summed E-state index contributed by atoms with van der Waals surface area (Å²) in [5.74, 6) is 1.48. The molecule has 1 aliphatic rings. The van der Waals surface area contributed by atoms with Crippen molar-refractivity contribution < 1.29 is 9.47 Å². The number of rotatable bonds is 7. The van der Waals surface area contributed by atoms with Crippen molar-refractivity contribution in [2.75, 3.05) is 20.8 Å². The van der Waals surface area contributed by atoms with Crippen LogP contribution in [0.4, 0.5) is 0 Å². The van der Waals surface area contributed by atoms with Gasteiger partial charge in [-0.25, -0.2) is 0 Å². The smallest absolute Gasteiger partial charge is 0.137 e. The van der Waals surface area contributed by atoms with Crippen molar-refractivity contribution in [1.82, 2.24) is 5.32 Å². The molecule has 0 radical (unpaired) electrons. The van der Waals surface area contributed by atoms with Gasteiger partial charge < -0.3 is 14.8 Å². The first-order chi connectivity index (χ1) is 9.67. The second kappa shape index (κ2) is 7.30. The molecule has 1 aromatic rings. The van der Waals surface area contributed by atoms with Gasteiger partial charge in [0.25, 0.3) is 0 Å². The third-order valence-electron chi connectivity index (χ3n) is 4.09. The summed E-state index contributed by atoms with van der Waals surface area (Å²) in [6.07, 6.45) is 3.96. The van der Waals surface area contributed by atoms with Gasteiger partial charge in [-0.1, -0.05) is 17.7 Å². The summed E-state index contributed by atoms with van der Waals surface area (Å²) in [4.78, 5) is 0. The van der Waals surface area contributed by atoms with Crippen molar-refractivity contribution >= 4 is 11.6 Å². The van der Waals surface area contributed by atoms with Gasteiger partial charge in [0.15, 0.2) is 0 Å². The van der Waals surface area contributed by atoms with E-state index in [-0.39, 0.29) is 0 Å². The van der Waals surface area contributed by atoms with Gasteiger partial charge in [-0.2, -0.15) is 0 Å². The average molecular weight is 298 g/mol. The largest absolute Gasteiger partial charge is 0.495 e. The number of methoxy groups -OCH3 is 1. The number of halogens is 1.